The zero-order valence-corrected chi connectivity index (χ0v) is 15.2. The van der Waals surface area contributed by atoms with Crippen molar-refractivity contribution in [1.29, 1.82) is 0 Å². The molecule has 3 rings (SSSR count). The predicted octanol–water partition coefficient (Wildman–Crippen LogP) is 3.32. The van der Waals surface area contributed by atoms with Crippen molar-refractivity contribution in [2.75, 3.05) is 42.9 Å². The van der Waals surface area contributed by atoms with E-state index in [2.05, 4.69) is 65.4 Å². The number of amides is 1. The number of anilines is 2. The molecule has 0 radical (unpaired) electrons. The standard InChI is InChI=1S/C21H27N3O/c1-3-18-8-10-19(11-9-18)22-21(25)16-23-12-14-24(15-13-23)20-7-5-4-6-17(20)2/h4-11H,3,12-16H2,1-2H3,(H,22,25). The molecule has 0 aromatic heterocycles. The molecule has 1 amide bonds. The van der Waals surface area contributed by atoms with Crippen LogP contribution < -0.4 is 10.2 Å². The second kappa shape index (κ2) is 8.17. The first-order chi connectivity index (χ1) is 12.2. The predicted molar refractivity (Wildman–Crippen MR) is 104 cm³/mol. The molecule has 1 N–H and O–H groups in total. The number of carbonyl (C=O) groups excluding carboxylic acids is 1. The number of piperazine rings is 1. The fraction of sp³-hybridized carbons (Fsp3) is 0.381. The first-order valence-electron chi connectivity index (χ1n) is 9.07. The smallest absolute Gasteiger partial charge is 0.238 e. The van der Waals surface area contributed by atoms with E-state index in [1.165, 1.54) is 16.8 Å². The van der Waals surface area contributed by atoms with Crippen LogP contribution in [0.1, 0.15) is 18.1 Å². The third kappa shape index (κ3) is 4.60. The molecule has 25 heavy (non-hydrogen) atoms. The van der Waals surface area contributed by atoms with Crippen molar-refractivity contribution >= 4 is 17.3 Å². The Bertz CT molecular complexity index is 703. The van der Waals surface area contributed by atoms with E-state index in [1.807, 2.05) is 12.1 Å². The number of carbonyl (C=O) groups is 1. The molecular formula is C21H27N3O. The quantitative estimate of drug-likeness (QED) is 0.909. The Kier molecular flexibility index (Phi) is 5.71. The zero-order valence-electron chi connectivity index (χ0n) is 15.2. The lowest BCUT2D eigenvalue weighted by molar-refractivity contribution is -0.117. The number of hydrogen-bond acceptors (Lipinski definition) is 3. The molecule has 1 saturated heterocycles. The van der Waals surface area contributed by atoms with Crippen molar-refractivity contribution in [3.63, 3.8) is 0 Å². The van der Waals surface area contributed by atoms with Crippen LogP contribution in [0.15, 0.2) is 48.5 Å². The van der Waals surface area contributed by atoms with Gasteiger partial charge in [-0.3, -0.25) is 9.69 Å². The lowest BCUT2D eigenvalue weighted by atomic mass is 10.1. The van der Waals surface area contributed by atoms with E-state index in [1.54, 1.807) is 0 Å². The van der Waals surface area contributed by atoms with E-state index in [0.717, 1.165) is 38.3 Å². The topological polar surface area (TPSA) is 35.6 Å². The van der Waals surface area contributed by atoms with Gasteiger partial charge in [0.05, 0.1) is 6.54 Å². The second-order valence-corrected chi connectivity index (χ2v) is 6.65. The van der Waals surface area contributed by atoms with Gasteiger partial charge in [0.1, 0.15) is 0 Å². The fourth-order valence-corrected chi connectivity index (χ4v) is 3.29. The molecule has 1 aliphatic heterocycles. The van der Waals surface area contributed by atoms with Gasteiger partial charge in [0, 0.05) is 37.6 Å². The minimum atomic E-state index is 0.0635. The van der Waals surface area contributed by atoms with Crippen molar-refractivity contribution in [3.8, 4) is 0 Å². The van der Waals surface area contributed by atoms with Crippen molar-refractivity contribution in [3.05, 3.63) is 59.7 Å². The van der Waals surface area contributed by atoms with Gasteiger partial charge < -0.3 is 10.2 Å². The van der Waals surface area contributed by atoms with E-state index >= 15 is 0 Å². The summed E-state index contributed by atoms with van der Waals surface area (Å²) in [6.07, 6.45) is 1.01. The van der Waals surface area contributed by atoms with E-state index in [-0.39, 0.29) is 5.91 Å². The molecule has 1 aliphatic rings. The molecule has 2 aromatic rings. The Morgan fingerprint density at radius 3 is 2.32 bits per heavy atom. The van der Waals surface area contributed by atoms with Crippen molar-refractivity contribution in [1.82, 2.24) is 4.90 Å². The SMILES string of the molecule is CCc1ccc(NC(=O)CN2CCN(c3ccccc3C)CC2)cc1. The maximum absolute atomic E-state index is 12.3. The first kappa shape index (κ1) is 17.5. The molecule has 0 aliphatic carbocycles. The molecule has 0 unspecified atom stereocenters. The summed E-state index contributed by atoms with van der Waals surface area (Å²) in [6.45, 7) is 8.49. The van der Waals surface area contributed by atoms with Gasteiger partial charge >= 0.3 is 0 Å². The van der Waals surface area contributed by atoms with Crippen LogP contribution in [-0.2, 0) is 11.2 Å². The minimum absolute atomic E-state index is 0.0635. The number of nitrogens with one attached hydrogen (secondary N) is 1. The highest BCUT2D eigenvalue weighted by atomic mass is 16.2. The van der Waals surface area contributed by atoms with E-state index in [9.17, 15) is 4.79 Å². The van der Waals surface area contributed by atoms with Crippen LogP contribution in [-0.4, -0.2) is 43.5 Å². The van der Waals surface area contributed by atoms with Gasteiger partial charge in [-0.2, -0.15) is 0 Å². The molecule has 4 nitrogen and oxygen atoms in total. The summed E-state index contributed by atoms with van der Waals surface area (Å²) in [5.41, 5.74) is 4.78. The summed E-state index contributed by atoms with van der Waals surface area (Å²) in [5.74, 6) is 0.0635. The molecule has 0 spiro atoms. The highest BCUT2D eigenvalue weighted by molar-refractivity contribution is 5.92. The highest BCUT2D eigenvalue weighted by Crippen LogP contribution is 2.20. The minimum Gasteiger partial charge on any atom is -0.369 e. The first-order valence-corrected chi connectivity index (χ1v) is 9.07. The van der Waals surface area contributed by atoms with Crippen LogP contribution in [0.2, 0.25) is 0 Å². The van der Waals surface area contributed by atoms with Crippen LogP contribution >= 0.6 is 0 Å². The molecule has 132 valence electrons. The van der Waals surface area contributed by atoms with Crippen molar-refractivity contribution < 1.29 is 4.79 Å². The van der Waals surface area contributed by atoms with Gasteiger partial charge in [-0.05, 0) is 42.7 Å². The molecule has 0 saturated carbocycles. The van der Waals surface area contributed by atoms with E-state index in [0.29, 0.717) is 6.54 Å². The van der Waals surface area contributed by atoms with Crippen LogP contribution in [0.25, 0.3) is 0 Å². The average molecular weight is 337 g/mol. The summed E-state index contributed by atoms with van der Waals surface area (Å²) in [4.78, 5) is 16.9. The van der Waals surface area contributed by atoms with Crippen LogP contribution in [0, 0.1) is 6.92 Å². The number of hydrogen-bond donors (Lipinski definition) is 1. The average Bonchev–Trinajstić information content (AvgIpc) is 2.63. The maximum Gasteiger partial charge on any atom is 0.238 e. The van der Waals surface area contributed by atoms with Gasteiger partial charge in [0.15, 0.2) is 0 Å². The number of benzene rings is 2. The zero-order chi connectivity index (χ0) is 17.6. The Labute approximate surface area is 150 Å². The largest absolute Gasteiger partial charge is 0.369 e. The van der Waals surface area contributed by atoms with E-state index in [4.69, 9.17) is 0 Å². The Hall–Kier alpha value is -2.33. The van der Waals surface area contributed by atoms with Crippen molar-refractivity contribution in [2.24, 2.45) is 0 Å². The monoisotopic (exact) mass is 337 g/mol. The number of rotatable bonds is 5. The summed E-state index contributed by atoms with van der Waals surface area (Å²) in [7, 11) is 0. The number of para-hydroxylation sites is 1. The number of nitrogens with zero attached hydrogens (tertiary/aromatic N) is 2. The van der Waals surface area contributed by atoms with Crippen LogP contribution in [0.5, 0.6) is 0 Å². The third-order valence-corrected chi connectivity index (χ3v) is 4.84. The molecule has 2 aromatic carbocycles. The molecular weight excluding hydrogens is 310 g/mol. The molecule has 4 heteroatoms. The lowest BCUT2D eigenvalue weighted by Gasteiger charge is -2.36. The summed E-state index contributed by atoms with van der Waals surface area (Å²) in [6, 6.07) is 16.6. The summed E-state index contributed by atoms with van der Waals surface area (Å²) in [5, 5.41) is 3.00. The van der Waals surface area contributed by atoms with Gasteiger partial charge in [0.25, 0.3) is 0 Å². The summed E-state index contributed by atoms with van der Waals surface area (Å²) >= 11 is 0. The Morgan fingerprint density at radius 1 is 1.00 bits per heavy atom. The molecule has 1 heterocycles. The third-order valence-electron chi connectivity index (χ3n) is 4.84. The molecule has 1 fully saturated rings. The molecule has 0 atom stereocenters. The van der Waals surface area contributed by atoms with Gasteiger partial charge in [-0.1, -0.05) is 37.3 Å². The van der Waals surface area contributed by atoms with Gasteiger partial charge in [-0.15, -0.1) is 0 Å². The Morgan fingerprint density at radius 2 is 1.68 bits per heavy atom. The van der Waals surface area contributed by atoms with Crippen LogP contribution in [0.3, 0.4) is 0 Å². The molecule has 0 bridgehead atoms. The lowest BCUT2D eigenvalue weighted by Crippen LogP contribution is -2.48. The Balaban J connectivity index is 1.48. The maximum atomic E-state index is 12.3. The normalized spacial score (nSPS) is 15.2. The number of aryl methyl sites for hydroxylation is 2. The van der Waals surface area contributed by atoms with Crippen molar-refractivity contribution in [2.45, 2.75) is 20.3 Å². The van der Waals surface area contributed by atoms with Gasteiger partial charge in [-0.25, -0.2) is 0 Å². The summed E-state index contributed by atoms with van der Waals surface area (Å²) < 4.78 is 0. The highest BCUT2D eigenvalue weighted by Gasteiger charge is 2.20. The second-order valence-electron chi connectivity index (χ2n) is 6.65. The van der Waals surface area contributed by atoms with E-state index < -0.39 is 0 Å². The fourth-order valence-electron chi connectivity index (χ4n) is 3.29. The van der Waals surface area contributed by atoms with Gasteiger partial charge in [0.2, 0.25) is 5.91 Å². The van der Waals surface area contributed by atoms with Crippen LogP contribution in [0.4, 0.5) is 11.4 Å².